The summed E-state index contributed by atoms with van der Waals surface area (Å²) >= 11 is 0. The minimum atomic E-state index is -1.26. The Labute approximate surface area is 223 Å². The zero-order valence-corrected chi connectivity index (χ0v) is 22.4. The van der Waals surface area contributed by atoms with Gasteiger partial charge in [0.2, 0.25) is 5.91 Å². The smallest absolute Gasteiger partial charge is 0.328 e. The van der Waals surface area contributed by atoms with Gasteiger partial charge in [0.25, 0.3) is 0 Å². The maximum absolute atomic E-state index is 13.0. The third kappa shape index (κ3) is 6.10. The number of likely N-dealkylation sites (tertiary alicyclic amines) is 1. The van der Waals surface area contributed by atoms with Gasteiger partial charge in [0, 0.05) is 73.4 Å². The van der Waals surface area contributed by atoms with Crippen LogP contribution in [-0.2, 0) is 32.1 Å². The number of hydrogen-bond donors (Lipinski definition) is 3. The molecule has 206 valence electrons. The molecule has 9 heteroatoms. The highest BCUT2D eigenvalue weighted by Crippen LogP contribution is 2.43. The normalized spacial score (nSPS) is 26.9. The van der Waals surface area contributed by atoms with Gasteiger partial charge >= 0.3 is 11.9 Å². The Morgan fingerprint density at radius 2 is 1.79 bits per heavy atom. The number of aromatic nitrogens is 1. The molecular weight excluding hydrogens is 486 g/mol. The van der Waals surface area contributed by atoms with Crippen LogP contribution < -0.4 is 5.32 Å². The van der Waals surface area contributed by atoms with Crippen molar-refractivity contribution in [2.24, 2.45) is 5.92 Å². The van der Waals surface area contributed by atoms with Crippen LogP contribution in [0.25, 0.3) is 10.9 Å². The van der Waals surface area contributed by atoms with E-state index in [2.05, 4.69) is 53.2 Å². The molecular formula is C29H39N3O6. The second-order valence-corrected chi connectivity index (χ2v) is 10.7. The lowest BCUT2D eigenvalue weighted by Crippen LogP contribution is -2.55. The Morgan fingerprint density at radius 1 is 1.11 bits per heavy atom. The summed E-state index contributed by atoms with van der Waals surface area (Å²) in [5.41, 5.74) is 4.34. The summed E-state index contributed by atoms with van der Waals surface area (Å²) < 4.78 is 7.86. The number of aliphatic carboxylic acids is 2. The summed E-state index contributed by atoms with van der Waals surface area (Å²) in [5, 5.41) is 20.5. The van der Waals surface area contributed by atoms with Gasteiger partial charge in [-0.25, -0.2) is 9.59 Å². The first-order chi connectivity index (χ1) is 18.2. The Kier molecular flexibility index (Phi) is 8.89. The molecule has 1 saturated carbocycles. The number of amides is 1. The zero-order chi connectivity index (χ0) is 27.4. The third-order valence-electron chi connectivity index (χ3n) is 8.36. The molecule has 1 saturated heterocycles. The van der Waals surface area contributed by atoms with Crippen LogP contribution in [0.5, 0.6) is 0 Å². The number of methoxy groups -OCH3 is 1. The topological polar surface area (TPSA) is 121 Å². The van der Waals surface area contributed by atoms with Crippen molar-refractivity contribution in [2.45, 2.75) is 76.1 Å². The number of carbonyl (C=O) groups excluding carboxylic acids is 1. The number of carboxylic acid groups (broad SMARTS) is 2. The lowest BCUT2D eigenvalue weighted by atomic mass is 9.74. The second-order valence-electron chi connectivity index (χ2n) is 10.7. The predicted molar refractivity (Wildman–Crippen MR) is 144 cm³/mol. The molecule has 0 spiro atoms. The van der Waals surface area contributed by atoms with Gasteiger partial charge < -0.3 is 29.7 Å². The number of rotatable bonds is 6. The van der Waals surface area contributed by atoms with Crippen LogP contribution in [0.3, 0.4) is 0 Å². The van der Waals surface area contributed by atoms with Crippen molar-refractivity contribution in [3.8, 4) is 0 Å². The van der Waals surface area contributed by atoms with E-state index in [0.29, 0.717) is 30.2 Å². The lowest BCUT2D eigenvalue weighted by molar-refractivity contribution is -0.134. The van der Waals surface area contributed by atoms with Crippen LogP contribution in [-0.4, -0.2) is 76.4 Å². The molecule has 1 aliphatic heterocycles. The highest BCUT2D eigenvalue weighted by molar-refractivity contribution is 5.90. The Morgan fingerprint density at radius 3 is 2.39 bits per heavy atom. The maximum atomic E-state index is 13.0. The fourth-order valence-corrected chi connectivity index (χ4v) is 6.51. The van der Waals surface area contributed by atoms with E-state index in [1.54, 1.807) is 7.11 Å². The number of fused-ring (bicyclic) bond motifs is 2. The average molecular weight is 526 g/mol. The second kappa shape index (κ2) is 12.1. The summed E-state index contributed by atoms with van der Waals surface area (Å²) in [4.78, 5) is 34.6. The molecule has 3 atom stereocenters. The molecule has 1 aromatic carbocycles. The van der Waals surface area contributed by atoms with E-state index in [4.69, 9.17) is 14.9 Å². The largest absolute Gasteiger partial charge is 0.478 e. The van der Waals surface area contributed by atoms with Crippen molar-refractivity contribution in [2.75, 3.05) is 20.7 Å². The summed E-state index contributed by atoms with van der Waals surface area (Å²) in [6.07, 6.45) is 9.88. The average Bonchev–Trinajstić information content (AvgIpc) is 3.27. The van der Waals surface area contributed by atoms with E-state index in [1.807, 2.05) is 0 Å². The van der Waals surface area contributed by atoms with Crippen molar-refractivity contribution < 1.29 is 29.3 Å². The number of carbonyl (C=O) groups is 3. The van der Waals surface area contributed by atoms with Gasteiger partial charge in [0.15, 0.2) is 0 Å². The molecule has 38 heavy (non-hydrogen) atoms. The third-order valence-corrected chi connectivity index (χ3v) is 8.36. The molecule has 9 nitrogen and oxygen atoms in total. The molecule has 5 rings (SSSR count). The SMILES string of the molecule is CCn1cc2c3c(cccc31)[C@H]1C[C@@H](NC(=O)C3CCC(OC)CC3)CN(C)[C@@H]1C2.O=C(O)/C=C\C(=O)O. The molecule has 1 aromatic heterocycles. The number of nitrogens with zero attached hydrogens (tertiary/aromatic N) is 2. The molecule has 2 heterocycles. The standard InChI is InChI=1S/C25H35N3O2.C4H4O4/c1-4-28-14-17-12-23-21(20-6-5-7-22(28)24(17)20)13-18(15-27(23)2)26-25(29)16-8-10-19(30-3)11-9-16;5-3(6)1-2-4(7)8/h5-7,14,16,18-19,21,23H,4,8-13,15H2,1-3H3,(H,26,29);1-2H,(H,5,6)(H,7,8)/b;2-1-/t16?,18-,19?,21-,23-;/m1./s1. The summed E-state index contributed by atoms with van der Waals surface area (Å²) in [6.45, 7) is 4.17. The Balaban J connectivity index is 0.000000368. The van der Waals surface area contributed by atoms with Crippen LogP contribution in [0.2, 0.25) is 0 Å². The van der Waals surface area contributed by atoms with Gasteiger partial charge in [-0.15, -0.1) is 0 Å². The Bertz CT molecular complexity index is 1180. The molecule has 3 N–H and O–H groups in total. The van der Waals surface area contributed by atoms with Crippen molar-refractivity contribution in [1.29, 1.82) is 0 Å². The number of hydrogen-bond acceptors (Lipinski definition) is 5. The number of ether oxygens (including phenoxy) is 1. The zero-order valence-electron chi connectivity index (χ0n) is 22.4. The van der Waals surface area contributed by atoms with Gasteiger partial charge in [-0.2, -0.15) is 0 Å². The Hall–Kier alpha value is -3.17. The van der Waals surface area contributed by atoms with E-state index in [-0.39, 0.29) is 17.9 Å². The van der Waals surface area contributed by atoms with Gasteiger partial charge in [0.1, 0.15) is 0 Å². The molecule has 2 aromatic rings. The fourth-order valence-electron chi connectivity index (χ4n) is 6.51. The van der Waals surface area contributed by atoms with Crippen LogP contribution in [0.1, 0.15) is 56.1 Å². The highest BCUT2D eigenvalue weighted by Gasteiger charge is 2.40. The van der Waals surface area contributed by atoms with E-state index in [1.165, 1.54) is 22.0 Å². The molecule has 0 unspecified atom stereocenters. The highest BCUT2D eigenvalue weighted by atomic mass is 16.5. The number of aryl methyl sites for hydroxylation is 1. The predicted octanol–water partition coefficient (Wildman–Crippen LogP) is 3.41. The first-order valence-electron chi connectivity index (χ1n) is 13.5. The van der Waals surface area contributed by atoms with E-state index in [0.717, 1.165) is 51.6 Å². The molecule has 3 aliphatic rings. The molecule has 2 fully saturated rings. The van der Waals surface area contributed by atoms with Crippen molar-refractivity contribution in [3.05, 3.63) is 47.7 Å². The van der Waals surface area contributed by atoms with Crippen molar-refractivity contribution in [3.63, 3.8) is 0 Å². The molecule has 0 bridgehead atoms. The van der Waals surface area contributed by atoms with Crippen molar-refractivity contribution in [1.82, 2.24) is 14.8 Å². The van der Waals surface area contributed by atoms with Crippen LogP contribution in [0.4, 0.5) is 0 Å². The summed E-state index contributed by atoms with van der Waals surface area (Å²) in [7, 11) is 4.02. The van der Waals surface area contributed by atoms with Gasteiger partial charge in [0.05, 0.1) is 6.10 Å². The fraction of sp³-hybridized carbons (Fsp3) is 0.552. The molecule has 2 aliphatic carbocycles. The van der Waals surface area contributed by atoms with Crippen molar-refractivity contribution >= 4 is 28.7 Å². The minimum absolute atomic E-state index is 0.152. The van der Waals surface area contributed by atoms with E-state index in [9.17, 15) is 14.4 Å². The van der Waals surface area contributed by atoms with Gasteiger partial charge in [-0.05, 0) is 69.7 Å². The van der Waals surface area contributed by atoms with Gasteiger partial charge in [-0.3, -0.25) is 4.79 Å². The number of nitrogens with one attached hydrogen (secondary N) is 1. The van der Waals surface area contributed by atoms with Crippen LogP contribution in [0.15, 0.2) is 36.5 Å². The maximum Gasteiger partial charge on any atom is 0.328 e. The summed E-state index contributed by atoms with van der Waals surface area (Å²) in [6, 6.07) is 7.56. The minimum Gasteiger partial charge on any atom is -0.478 e. The first-order valence-corrected chi connectivity index (χ1v) is 13.5. The number of piperidine rings is 1. The van der Waals surface area contributed by atoms with Crippen LogP contribution >= 0.6 is 0 Å². The lowest BCUT2D eigenvalue weighted by Gasteiger charge is -2.46. The van der Waals surface area contributed by atoms with Gasteiger partial charge in [-0.1, -0.05) is 12.1 Å². The quantitative estimate of drug-likeness (QED) is 0.494. The number of likely N-dealkylation sites (N-methyl/N-ethyl adjacent to an activating group) is 1. The number of carboxylic acids is 2. The molecule has 0 radical (unpaired) electrons. The monoisotopic (exact) mass is 525 g/mol. The first kappa shape index (κ1) is 27.9. The number of benzene rings is 1. The van der Waals surface area contributed by atoms with E-state index < -0.39 is 11.9 Å². The van der Waals surface area contributed by atoms with E-state index >= 15 is 0 Å². The summed E-state index contributed by atoms with van der Waals surface area (Å²) in [5.74, 6) is -1.62. The molecule has 1 amide bonds. The van der Waals surface area contributed by atoms with Crippen LogP contribution in [0, 0.1) is 5.92 Å².